The Balaban J connectivity index is 2.23. The molecule has 1 N–H and O–H groups in total. The van der Waals surface area contributed by atoms with E-state index in [9.17, 15) is 9.59 Å². The zero-order valence-electron chi connectivity index (χ0n) is 14.8. The Labute approximate surface area is 151 Å². The van der Waals surface area contributed by atoms with E-state index < -0.39 is 0 Å². The standard InChI is InChI=1S/C21H19NO4/c1-13(23)22-18-11-7-6-10-16(18)20(24)17-12-19(25-2)14-8-4-5-9-15(14)21(17)26-3/h4-12H,1-3H3,(H,22,23). The maximum atomic E-state index is 13.3. The van der Waals surface area contributed by atoms with Gasteiger partial charge in [-0.25, -0.2) is 0 Å². The van der Waals surface area contributed by atoms with E-state index in [1.54, 1.807) is 37.4 Å². The summed E-state index contributed by atoms with van der Waals surface area (Å²) in [6.45, 7) is 1.40. The summed E-state index contributed by atoms with van der Waals surface area (Å²) < 4.78 is 11.0. The van der Waals surface area contributed by atoms with Crippen molar-refractivity contribution >= 4 is 28.2 Å². The molecular formula is C21H19NO4. The summed E-state index contributed by atoms with van der Waals surface area (Å²) in [5, 5.41) is 4.34. The molecule has 5 heteroatoms. The van der Waals surface area contributed by atoms with Crippen LogP contribution in [0.25, 0.3) is 10.8 Å². The Morgan fingerprint density at radius 1 is 0.846 bits per heavy atom. The average Bonchev–Trinajstić information content (AvgIpc) is 2.66. The Bertz CT molecular complexity index is 994. The maximum absolute atomic E-state index is 13.3. The van der Waals surface area contributed by atoms with Crippen LogP contribution in [0, 0.1) is 0 Å². The van der Waals surface area contributed by atoms with Crippen LogP contribution in [0.1, 0.15) is 22.8 Å². The molecule has 0 heterocycles. The van der Waals surface area contributed by atoms with Crippen molar-refractivity contribution in [1.29, 1.82) is 0 Å². The summed E-state index contributed by atoms with van der Waals surface area (Å²) >= 11 is 0. The van der Waals surface area contributed by atoms with E-state index >= 15 is 0 Å². The first-order valence-electron chi connectivity index (χ1n) is 8.12. The van der Waals surface area contributed by atoms with E-state index in [4.69, 9.17) is 9.47 Å². The molecule has 5 nitrogen and oxygen atoms in total. The number of amides is 1. The number of ketones is 1. The Morgan fingerprint density at radius 2 is 1.50 bits per heavy atom. The molecule has 3 aromatic rings. The first-order valence-corrected chi connectivity index (χ1v) is 8.12. The molecule has 0 saturated carbocycles. The number of rotatable bonds is 5. The molecule has 0 aliphatic rings. The predicted octanol–water partition coefficient (Wildman–Crippen LogP) is 4.05. The van der Waals surface area contributed by atoms with Gasteiger partial charge in [-0.3, -0.25) is 9.59 Å². The van der Waals surface area contributed by atoms with Crippen molar-refractivity contribution < 1.29 is 19.1 Å². The van der Waals surface area contributed by atoms with Gasteiger partial charge in [-0.15, -0.1) is 0 Å². The minimum atomic E-state index is -0.254. The number of ether oxygens (including phenoxy) is 2. The smallest absolute Gasteiger partial charge is 0.221 e. The number of nitrogens with one attached hydrogen (secondary N) is 1. The van der Waals surface area contributed by atoms with Crippen molar-refractivity contribution in [2.45, 2.75) is 6.92 Å². The zero-order valence-corrected chi connectivity index (χ0v) is 14.8. The predicted molar refractivity (Wildman–Crippen MR) is 101 cm³/mol. The highest BCUT2D eigenvalue weighted by Crippen LogP contribution is 2.38. The lowest BCUT2D eigenvalue weighted by Gasteiger charge is -2.16. The fourth-order valence-electron chi connectivity index (χ4n) is 3.00. The number of fused-ring (bicyclic) bond motifs is 1. The van der Waals surface area contributed by atoms with Crippen molar-refractivity contribution in [3.05, 3.63) is 65.7 Å². The summed E-state index contributed by atoms with van der Waals surface area (Å²) in [5.41, 5.74) is 1.22. The summed E-state index contributed by atoms with van der Waals surface area (Å²) in [6, 6.07) is 16.1. The fourth-order valence-corrected chi connectivity index (χ4v) is 3.00. The Morgan fingerprint density at radius 3 is 2.15 bits per heavy atom. The molecular weight excluding hydrogens is 330 g/mol. The number of hydrogen-bond donors (Lipinski definition) is 1. The third kappa shape index (κ3) is 3.11. The third-order valence-corrected chi connectivity index (χ3v) is 4.11. The van der Waals surface area contributed by atoms with Gasteiger partial charge in [0.2, 0.25) is 5.91 Å². The molecule has 0 spiro atoms. The molecule has 0 atom stereocenters. The average molecular weight is 349 g/mol. The highest BCUT2D eigenvalue weighted by Gasteiger charge is 2.22. The second-order valence-electron chi connectivity index (χ2n) is 5.76. The van der Waals surface area contributed by atoms with E-state index in [2.05, 4.69) is 5.32 Å². The molecule has 0 aliphatic carbocycles. The van der Waals surface area contributed by atoms with Gasteiger partial charge in [0.05, 0.1) is 25.5 Å². The van der Waals surface area contributed by atoms with E-state index in [0.717, 1.165) is 10.8 Å². The van der Waals surface area contributed by atoms with Crippen molar-refractivity contribution in [3.63, 3.8) is 0 Å². The van der Waals surface area contributed by atoms with E-state index in [1.807, 2.05) is 24.3 Å². The summed E-state index contributed by atoms with van der Waals surface area (Å²) in [4.78, 5) is 24.7. The Kier molecular flexibility index (Phi) is 4.89. The summed E-state index contributed by atoms with van der Waals surface area (Å²) in [6.07, 6.45) is 0. The number of methoxy groups -OCH3 is 2. The first kappa shape index (κ1) is 17.5. The van der Waals surface area contributed by atoms with Gasteiger partial charge < -0.3 is 14.8 Å². The number of anilines is 1. The van der Waals surface area contributed by atoms with Crippen LogP contribution in [0.5, 0.6) is 11.5 Å². The van der Waals surface area contributed by atoms with Crippen LogP contribution < -0.4 is 14.8 Å². The maximum Gasteiger partial charge on any atom is 0.221 e. The number of carbonyl (C=O) groups excluding carboxylic acids is 2. The minimum Gasteiger partial charge on any atom is -0.496 e. The molecule has 0 saturated heterocycles. The normalized spacial score (nSPS) is 10.4. The van der Waals surface area contributed by atoms with Gasteiger partial charge in [0, 0.05) is 23.3 Å². The van der Waals surface area contributed by atoms with Crippen LogP contribution in [-0.4, -0.2) is 25.9 Å². The molecule has 1 amide bonds. The molecule has 0 aromatic heterocycles. The van der Waals surface area contributed by atoms with E-state index in [0.29, 0.717) is 28.3 Å². The second kappa shape index (κ2) is 7.27. The second-order valence-corrected chi connectivity index (χ2v) is 5.76. The first-order chi connectivity index (χ1) is 12.6. The number of benzene rings is 3. The fraction of sp³-hybridized carbons (Fsp3) is 0.143. The number of carbonyl (C=O) groups is 2. The van der Waals surface area contributed by atoms with Gasteiger partial charge >= 0.3 is 0 Å². The summed E-state index contributed by atoms with van der Waals surface area (Å²) in [7, 11) is 3.10. The lowest BCUT2D eigenvalue weighted by Crippen LogP contribution is -2.12. The third-order valence-electron chi connectivity index (χ3n) is 4.11. The lowest BCUT2D eigenvalue weighted by atomic mass is 9.96. The molecule has 132 valence electrons. The van der Waals surface area contributed by atoms with Crippen LogP contribution in [0.4, 0.5) is 5.69 Å². The van der Waals surface area contributed by atoms with Gasteiger partial charge in [-0.2, -0.15) is 0 Å². The largest absolute Gasteiger partial charge is 0.496 e. The lowest BCUT2D eigenvalue weighted by molar-refractivity contribution is -0.114. The number of para-hydroxylation sites is 1. The van der Waals surface area contributed by atoms with Gasteiger partial charge in [-0.1, -0.05) is 36.4 Å². The van der Waals surface area contributed by atoms with Crippen LogP contribution in [0.15, 0.2) is 54.6 Å². The molecule has 26 heavy (non-hydrogen) atoms. The molecule has 0 aliphatic heterocycles. The highest BCUT2D eigenvalue weighted by molar-refractivity contribution is 6.17. The van der Waals surface area contributed by atoms with Gasteiger partial charge in [-0.05, 0) is 18.2 Å². The highest BCUT2D eigenvalue weighted by atomic mass is 16.5. The van der Waals surface area contributed by atoms with Crippen LogP contribution >= 0.6 is 0 Å². The molecule has 0 radical (unpaired) electrons. The van der Waals surface area contributed by atoms with Crippen LogP contribution in [-0.2, 0) is 4.79 Å². The van der Waals surface area contributed by atoms with Crippen molar-refractivity contribution in [2.75, 3.05) is 19.5 Å². The zero-order chi connectivity index (χ0) is 18.7. The molecule has 3 aromatic carbocycles. The minimum absolute atomic E-state index is 0.242. The molecule has 0 fully saturated rings. The van der Waals surface area contributed by atoms with Gasteiger partial charge in [0.25, 0.3) is 0 Å². The van der Waals surface area contributed by atoms with Gasteiger partial charge in [0.1, 0.15) is 11.5 Å². The van der Waals surface area contributed by atoms with Gasteiger partial charge in [0.15, 0.2) is 5.78 Å². The van der Waals surface area contributed by atoms with E-state index in [-0.39, 0.29) is 11.7 Å². The van der Waals surface area contributed by atoms with Crippen molar-refractivity contribution in [1.82, 2.24) is 0 Å². The SMILES string of the molecule is COc1cc(C(=O)c2ccccc2NC(C)=O)c(OC)c2ccccc12. The van der Waals surface area contributed by atoms with Crippen molar-refractivity contribution in [2.24, 2.45) is 0 Å². The topological polar surface area (TPSA) is 64.6 Å². The molecule has 3 rings (SSSR count). The molecule has 0 bridgehead atoms. The van der Waals surface area contributed by atoms with E-state index in [1.165, 1.54) is 14.0 Å². The molecule has 0 unspecified atom stereocenters. The number of hydrogen-bond acceptors (Lipinski definition) is 4. The monoisotopic (exact) mass is 349 g/mol. The van der Waals surface area contributed by atoms with Crippen LogP contribution in [0.3, 0.4) is 0 Å². The Hall–Kier alpha value is -3.34. The van der Waals surface area contributed by atoms with Crippen molar-refractivity contribution in [3.8, 4) is 11.5 Å². The summed E-state index contributed by atoms with van der Waals surface area (Å²) in [5.74, 6) is 0.564. The quantitative estimate of drug-likeness (QED) is 0.706. The van der Waals surface area contributed by atoms with Crippen LogP contribution in [0.2, 0.25) is 0 Å².